The molecule has 18 heavy (non-hydrogen) atoms. The summed E-state index contributed by atoms with van der Waals surface area (Å²) in [6, 6.07) is 14.2. The Bertz CT molecular complexity index is 551. The number of carbonyl (C=O) groups is 1. The van der Waals surface area contributed by atoms with Crippen molar-refractivity contribution in [1.82, 2.24) is 0 Å². The van der Waals surface area contributed by atoms with Crippen LogP contribution in [-0.2, 0) is 11.2 Å². The average Bonchev–Trinajstić information content (AvgIpc) is 2.35. The molecule has 0 spiro atoms. The minimum absolute atomic E-state index is 0.0353. The molecule has 2 aromatic rings. The first-order valence-corrected chi connectivity index (χ1v) is 6.10. The maximum atomic E-state index is 10.5. The van der Waals surface area contributed by atoms with Gasteiger partial charge in [0.25, 0.3) is 0 Å². The van der Waals surface area contributed by atoms with E-state index in [9.17, 15) is 4.79 Å². The lowest BCUT2D eigenvalue weighted by Gasteiger charge is -2.09. The second-order valence-electron chi connectivity index (χ2n) is 4.58. The SMILES string of the molecule is NC(CCc1ccc2ccccc2c1)CC(=O)O. The van der Waals surface area contributed by atoms with Gasteiger partial charge in [0.05, 0.1) is 6.42 Å². The van der Waals surface area contributed by atoms with Crippen molar-refractivity contribution in [3.63, 3.8) is 0 Å². The third-order valence-electron chi connectivity index (χ3n) is 3.05. The van der Waals surface area contributed by atoms with Crippen molar-refractivity contribution in [2.45, 2.75) is 25.3 Å². The number of rotatable bonds is 5. The van der Waals surface area contributed by atoms with E-state index in [1.165, 1.54) is 16.3 Å². The van der Waals surface area contributed by atoms with Gasteiger partial charge in [-0.2, -0.15) is 0 Å². The Morgan fingerprint density at radius 3 is 2.61 bits per heavy atom. The predicted octanol–water partition coefficient (Wildman–Crippen LogP) is 2.57. The summed E-state index contributed by atoms with van der Waals surface area (Å²) in [5, 5.41) is 11.1. The molecule has 0 aliphatic carbocycles. The molecule has 0 aliphatic rings. The quantitative estimate of drug-likeness (QED) is 0.848. The van der Waals surface area contributed by atoms with E-state index >= 15 is 0 Å². The number of aliphatic carboxylic acids is 1. The van der Waals surface area contributed by atoms with Gasteiger partial charge in [0, 0.05) is 6.04 Å². The van der Waals surface area contributed by atoms with Gasteiger partial charge < -0.3 is 10.8 Å². The van der Waals surface area contributed by atoms with Crippen LogP contribution in [0.1, 0.15) is 18.4 Å². The van der Waals surface area contributed by atoms with Crippen LogP contribution in [0.25, 0.3) is 10.8 Å². The second kappa shape index (κ2) is 5.65. The zero-order valence-corrected chi connectivity index (χ0v) is 10.2. The molecule has 0 amide bonds. The van der Waals surface area contributed by atoms with E-state index < -0.39 is 5.97 Å². The Kier molecular flexibility index (Phi) is 3.95. The molecule has 2 rings (SSSR count). The van der Waals surface area contributed by atoms with Gasteiger partial charge in [-0.05, 0) is 29.2 Å². The van der Waals surface area contributed by atoms with Crippen molar-refractivity contribution in [3.8, 4) is 0 Å². The Balaban J connectivity index is 2.01. The molecule has 0 saturated carbocycles. The summed E-state index contributed by atoms with van der Waals surface area (Å²) >= 11 is 0. The number of hydrogen-bond donors (Lipinski definition) is 2. The minimum Gasteiger partial charge on any atom is -0.481 e. The van der Waals surface area contributed by atoms with Crippen LogP contribution in [-0.4, -0.2) is 17.1 Å². The zero-order valence-electron chi connectivity index (χ0n) is 10.2. The second-order valence-corrected chi connectivity index (χ2v) is 4.58. The van der Waals surface area contributed by atoms with Crippen molar-refractivity contribution >= 4 is 16.7 Å². The minimum atomic E-state index is -0.832. The molecule has 2 aromatic carbocycles. The Morgan fingerprint density at radius 2 is 1.89 bits per heavy atom. The summed E-state index contributed by atoms with van der Waals surface area (Å²) < 4.78 is 0. The Morgan fingerprint density at radius 1 is 1.17 bits per heavy atom. The largest absolute Gasteiger partial charge is 0.481 e. The maximum Gasteiger partial charge on any atom is 0.304 e. The molecule has 94 valence electrons. The van der Waals surface area contributed by atoms with E-state index in [1.54, 1.807) is 0 Å². The molecule has 0 aromatic heterocycles. The first-order chi connectivity index (χ1) is 8.65. The predicted molar refractivity (Wildman–Crippen MR) is 72.5 cm³/mol. The number of carboxylic acids is 1. The highest BCUT2D eigenvalue weighted by atomic mass is 16.4. The fraction of sp³-hybridized carbons (Fsp3) is 0.267. The summed E-state index contributed by atoms with van der Waals surface area (Å²) in [5.41, 5.74) is 6.96. The first kappa shape index (κ1) is 12.6. The fourth-order valence-electron chi connectivity index (χ4n) is 2.07. The van der Waals surface area contributed by atoms with Gasteiger partial charge in [-0.3, -0.25) is 4.79 Å². The summed E-state index contributed by atoms with van der Waals surface area (Å²) in [7, 11) is 0. The van der Waals surface area contributed by atoms with E-state index in [-0.39, 0.29) is 12.5 Å². The van der Waals surface area contributed by atoms with Crippen LogP contribution in [0, 0.1) is 0 Å². The molecule has 3 heteroatoms. The normalized spacial score (nSPS) is 12.5. The summed E-state index contributed by atoms with van der Waals surface area (Å²) in [6.45, 7) is 0. The number of hydrogen-bond acceptors (Lipinski definition) is 2. The Labute approximate surface area is 106 Å². The van der Waals surface area contributed by atoms with Crippen LogP contribution in [0.15, 0.2) is 42.5 Å². The van der Waals surface area contributed by atoms with Crippen LogP contribution in [0.5, 0.6) is 0 Å². The van der Waals surface area contributed by atoms with Gasteiger partial charge >= 0.3 is 5.97 Å². The van der Waals surface area contributed by atoms with Crippen LogP contribution < -0.4 is 5.73 Å². The number of carboxylic acid groups (broad SMARTS) is 1. The number of fused-ring (bicyclic) bond motifs is 1. The summed E-state index contributed by atoms with van der Waals surface area (Å²) in [6.07, 6.45) is 1.55. The van der Waals surface area contributed by atoms with Crippen molar-refractivity contribution in [3.05, 3.63) is 48.0 Å². The average molecular weight is 243 g/mol. The van der Waals surface area contributed by atoms with Crippen molar-refractivity contribution in [1.29, 1.82) is 0 Å². The van der Waals surface area contributed by atoms with Crippen molar-refractivity contribution in [2.24, 2.45) is 5.73 Å². The number of benzene rings is 2. The van der Waals surface area contributed by atoms with Gasteiger partial charge in [0.15, 0.2) is 0 Å². The number of nitrogens with two attached hydrogens (primary N) is 1. The van der Waals surface area contributed by atoms with Crippen LogP contribution in [0.4, 0.5) is 0 Å². The lowest BCUT2D eigenvalue weighted by atomic mass is 10.0. The molecule has 0 bridgehead atoms. The molecule has 1 atom stereocenters. The van der Waals surface area contributed by atoms with Crippen molar-refractivity contribution in [2.75, 3.05) is 0 Å². The van der Waals surface area contributed by atoms with Gasteiger partial charge in [-0.25, -0.2) is 0 Å². The molecular weight excluding hydrogens is 226 g/mol. The monoisotopic (exact) mass is 243 g/mol. The fourth-order valence-corrected chi connectivity index (χ4v) is 2.07. The molecule has 0 heterocycles. The molecular formula is C15H17NO2. The Hall–Kier alpha value is -1.87. The van der Waals surface area contributed by atoms with E-state index in [4.69, 9.17) is 10.8 Å². The topological polar surface area (TPSA) is 63.3 Å². The van der Waals surface area contributed by atoms with E-state index in [0.29, 0.717) is 6.42 Å². The molecule has 0 aliphatic heterocycles. The molecule has 0 radical (unpaired) electrons. The lowest BCUT2D eigenvalue weighted by Crippen LogP contribution is -2.24. The lowest BCUT2D eigenvalue weighted by molar-refractivity contribution is -0.137. The van der Waals surface area contributed by atoms with Gasteiger partial charge in [-0.1, -0.05) is 42.5 Å². The molecule has 3 N–H and O–H groups in total. The van der Waals surface area contributed by atoms with Gasteiger partial charge in [0.2, 0.25) is 0 Å². The highest BCUT2D eigenvalue weighted by molar-refractivity contribution is 5.82. The summed E-state index contributed by atoms with van der Waals surface area (Å²) in [5.74, 6) is -0.832. The van der Waals surface area contributed by atoms with Crippen LogP contribution in [0.3, 0.4) is 0 Å². The highest BCUT2D eigenvalue weighted by Crippen LogP contribution is 2.17. The number of aryl methyl sites for hydroxylation is 1. The van der Waals surface area contributed by atoms with Crippen LogP contribution >= 0.6 is 0 Å². The summed E-state index contributed by atoms with van der Waals surface area (Å²) in [4.78, 5) is 10.5. The zero-order chi connectivity index (χ0) is 13.0. The maximum absolute atomic E-state index is 10.5. The van der Waals surface area contributed by atoms with E-state index in [0.717, 1.165) is 6.42 Å². The molecule has 0 saturated heterocycles. The third-order valence-corrected chi connectivity index (χ3v) is 3.05. The standard InChI is InChI=1S/C15H17NO2/c16-14(10-15(17)18)8-6-11-5-7-12-3-1-2-4-13(12)9-11/h1-5,7,9,14H,6,8,10,16H2,(H,17,18). The van der Waals surface area contributed by atoms with Crippen molar-refractivity contribution < 1.29 is 9.90 Å². The molecule has 0 fully saturated rings. The third kappa shape index (κ3) is 3.31. The smallest absolute Gasteiger partial charge is 0.304 e. The van der Waals surface area contributed by atoms with Crippen LogP contribution in [0.2, 0.25) is 0 Å². The van der Waals surface area contributed by atoms with Gasteiger partial charge in [0.1, 0.15) is 0 Å². The van der Waals surface area contributed by atoms with Gasteiger partial charge in [-0.15, -0.1) is 0 Å². The highest BCUT2D eigenvalue weighted by Gasteiger charge is 2.08. The van der Waals surface area contributed by atoms with E-state index in [1.807, 2.05) is 12.1 Å². The van der Waals surface area contributed by atoms with E-state index in [2.05, 4.69) is 30.3 Å². The molecule has 3 nitrogen and oxygen atoms in total. The first-order valence-electron chi connectivity index (χ1n) is 6.10. The molecule has 1 unspecified atom stereocenters.